The first-order valence-corrected chi connectivity index (χ1v) is 5.73. The van der Waals surface area contributed by atoms with Crippen molar-refractivity contribution in [2.75, 3.05) is 25.9 Å². The SMILES string of the molecule is COC1CCCN(C(=O)c2c(N)cnn2C)C1. The highest BCUT2D eigenvalue weighted by Gasteiger charge is 2.27. The van der Waals surface area contributed by atoms with Crippen LogP contribution >= 0.6 is 0 Å². The van der Waals surface area contributed by atoms with Gasteiger partial charge in [-0.1, -0.05) is 0 Å². The molecule has 0 aromatic carbocycles. The van der Waals surface area contributed by atoms with Gasteiger partial charge in [-0.05, 0) is 12.8 Å². The maximum Gasteiger partial charge on any atom is 0.274 e. The van der Waals surface area contributed by atoms with Crippen molar-refractivity contribution in [2.45, 2.75) is 18.9 Å². The molecule has 0 bridgehead atoms. The Morgan fingerprint density at radius 2 is 2.41 bits per heavy atom. The quantitative estimate of drug-likeness (QED) is 0.801. The molecule has 1 aliphatic heterocycles. The van der Waals surface area contributed by atoms with Crippen LogP contribution in [0.4, 0.5) is 5.69 Å². The average molecular weight is 238 g/mol. The second-order valence-corrected chi connectivity index (χ2v) is 4.32. The molecule has 6 nitrogen and oxygen atoms in total. The summed E-state index contributed by atoms with van der Waals surface area (Å²) in [6.07, 6.45) is 3.59. The minimum Gasteiger partial charge on any atom is -0.396 e. The summed E-state index contributed by atoms with van der Waals surface area (Å²) in [4.78, 5) is 14.1. The van der Waals surface area contributed by atoms with E-state index in [0.717, 1.165) is 19.4 Å². The molecule has 2 heterocycles. The number of hydrogen-bond acceptors (Lipinski definition) is 4. The van der Waals surface area contributed by atoms with E-state index in [-0.39, 0.29) is 12.0 Å². The van der Waals surface area contributed by atoms with Gasteiger partial charge in [-0.3, -0.25) is 9.48 Å². The standard InChI is InChI=1S/C11H18N4O2/c1-14-10(9(12)6-13-14)11(16)15-5-3-4-8(7-15)17-2/h6,8H,3-5,7,12H2,1-2H3. The molecule has 1 atom stereocenters. The van der Waals surface area contributed by atoms with Crippen molar-refractivity contribution < 1.29 is 9.53 Å². The summed E-state index contributed by atoms with van der Waals surface area (Å²) in [5.74, 6) is -0.0655. The molecule has 0 spiro atoms. The van der Waals surface area contributed by atoms with Gasteiger partial charge in [-0.15, -0.1) is 0 Å². The number of nitrogens with two attached hydrogens (primary N) is 1. The van der Waals surface area contributed by atoms with Crippen LogP contribution in [-0.2, 0) is 11.8 Å². The number of carbonyl (C=O) groups excluding carboxylic acids is 1. The molecule has 1 aromatic heterocycles. The highest BCUT2D eigenvalue weighted by Crippen LogP contribution is 2.18. The van der Waals surface area contributed by atoms with Crippen LogP contribution in [0.2, 0.25) is 0 Å². The normalized spacial score (nSPS) is 20.6. The Hall–Kier alpha value is -1.56. The van der Waals surface area contributed by atoms with E-state index in [2.05, 4.69) is 5.10 Å². The topological polar surface area (TPSA) is 73.4 Å². The molecule has 0 saturated carbocycles. The maximum absolute atomic E-state index is 12.3. The van der Waals surface area contributed by atoms with Crippen molar-refractivity contribution in [2.24, 2.45) is 7.05 Å². The van der Waals surface area contributed by atoms with E-state index in [1.165, 1.54) is 10.9 Å². The minimum atomic E-state index is -0.0655. The fraction of sp³-hybridized carbons (Fsp3) is 0.636. The summed E-state index contributed by atoms with van der Waals surface area (Å²) in [5, 5.41) is 3.98. The molecule has 1 fully saturated rings. The van der Waals surface area contributed by atoms with Gasteiger partial charge in [0.15, 0.2) is 0 Å². The Morgan fingerprint density at radius 1 is 1.65 bits per heavy atom. The number of hydrogen-bond donors (Lipinski definition) is 1. The summed E-state index contributed by atoms with van der Waals surface area (Å²) in [7, 11) is 3.40. The number of nitrogens with zero attached hydrogens (tertiary/aromatic N) is 3. The number of aryl methyl sites for hydroxylation is 1. The average Bonchev–Trinajstić information content (AvgIpc) is 2.68. The van der Waals surface area contributed by atoms with Crippen LogP contribution in [0.3, 0.4) is 0 Å². The molecular formula is C11H18N4O2. The highest BCUT2D eigenvalue weighted by atomic mass is 16.5. The van der Waals surface area contributed by atoms with E-state index in [4.69, 9.17) is 10.5 Å². The van der Waals surface area contributed by atoms with E-state index in [9.17, 15) is 4.79 Å². The lowest BCUT2D eigenvalue weighted by atomic mass is 10.1. The Bertz CT molecular complexity index is 396. The second-order valence-electron chi connectivity index (χ2n) is 4.32. The predicted octanol–water partition coefficient (Wildman–Crippen LogP) is 0.253. The van der Waals surface area contributed by atoms with Crippen LogP contribution in [0.1, 0.15) is 23.3 Å². The molecule has 94 valence electrons. The van der Waals surface area contributed by atoms with Crippen molar-refractivity contribution in [3.05, 3.63) is 11.9 Å². The van der Waals surface area contributed by atoms with Crippen LogP contribution in [0.25, 0.3) is 0 Å². The number of carbonyl (C=O) groups is 1. The molecule has 1 aliphatic rings. The van der Waals surface area contributed by atoms with Crippen LogP contribution in [0, 0.1) is 0 Å². The minimum absolute atomic E-state index is 0.0655. The summed E-state index contributed by atoms with van der Waals surface area (Å²) in [5.41, 5.74) is 6.64. The zero-order valence-corrected chi connectivity index (χ0v) is 10.2. The highest BCUT2D eigenvalue weighted by molar-refractivity contribution is 5.97. The number of anilines is 1. The molecule has 1 saturated heterocycles. The first kappa shape index (κ1) is 11.9. The number of piperidine rings is 1. The third kappa shape index (κ3) is 2.26. The van der Waals surface area contributed by atoms with Crippen molar-refractivity contribution in [1.29, 1.82) is 0 Å². The summed E-state index contributed by atoms with van der Waals surface area (Å²) < 4.78 is 6.82. The number of aromatic nitrogens is 2. The zero-order chi connectivity index (χ0) is 12.4. The van der Waals surface area contributed by atoms with E-state index in [1.54, 1.807) is 19.1 Å². The van der Waals surface area contributed by atoms with Gasteiger partial charge in [0.2, 0.25) is 0 Å². The number of methoxy groups -OCH3 is 1. The number of likely N-dealkylation sites (tertiary alicyclic amines) is 1. The van der Waals surface area contributed by atoms with E-state index in [1.807, 2.05) is 0 Å². The Morgan fingerprint density at radius 3 is 3.00 bits per heavy atom. The molecule has 0 aliphatic carbocycles. The van der Waals surface area contributed by atoms with Gasteiger partial charge in [-0.25, -0.2) is 0 Å². The molecule has 1 aromatic rings. The molecule has 17 heavy (non-hydrogen) atoms. The van der Waals surface area contributed by atoms with Crippen LogP contribution < -0.4 is 5.73 Å². The number of rotatable bonds is 2. The number of nitrogen functional groups attached to an aromatic ring is 1. The lowest BCUT2D eigenvalue weighted by molar-refractivity contribution is 0.0263. The third-order valence-corrected chi connectivity index (χ3v) is 3.17. The van der Waals surface area contributed by atoms with E-state index in [0.29, 0.717) is 17.9 Å². The fourth-order valence-corrected chi connectivity index (χ4v) is 2.18. The van der Waals surface area contributed by atoms with Crippen LogP contribution in [-0.4, -0.2) is 46.9 Å². The van der Waals surface area contributed by atoms with Gasteiger partial charge in [0.05, 0.1) is 18.0 Å². The first-order valence-electron chi connectivity index (χ1n) is 5.73. The molecular weight excluding hydrogens is 220 g/mol. The van der Waals surface area contributed by atoms with Gasteiger partial charge in [-0.2, -0.15) is 5.10 Å². The van der Waals surface area contributed by atoms with Crippen molar-refractivity contribution in [1.82, 2.24) is 14.7 Å². The van der Waals surface area contributed by atoms with Crippen molar-refractivity contribution in [3.8, 4) is 0 Å². The zero-order valence-electron chi connectivity index (χ0n) is 10.2. The molecule has 2 rings (SSSR count). The first-order chi connectivity index (χ1) is 8.13. The van der Waals surface area contributed by atoms with Gasteiger partial charge in [0.25, 0.3) is 5.91 Å². The molecule has 1 unspecified atom stereocenters. The summed E-state index contributed by atoms with van der Waals surface area (Å²) in [6, 6.07) is 0. The maximum atomic E-state index is 12.3. The Labute approximate surface area is 100 Å². The van der Waals surface area contributed by atoms with E-state index >= 15 is 0 Å². The van der Waals surface area contributed by atoms with Crippen LogP contribution in [0.5, 0.6) is 0 Å². The second kappa shape index (κ2) is 4.75. The Kier molecular flexibility index (Phi) is 3.33. The Balaban J connectivity index is 2.15. The van der Waals surface area contributed by atoms with E-state index < -0.39 is 0 Å². The number of ether oxygens (including phenoxy) is 1. The summed E-state index contributed by atoms with van der Waals surface area (Å²) >= 11 is 0. The largest absolute Gasteiger partial charge is 0.396 e. The number of amides is 1. The molecule has 2 N–H and O–H groups in total. The van der Waals surface area contributed by atoms with Gasteiger partial charge < -0.3 is 15.4 Å². The fourth-order valence-electron chi connectivity index (χ4n) is 2.18. The van der Waals surface area contributed by atoms with Crippen molar-refractivity contribution in [3.63, 3.8) is 0 Å². The monoisotopic (exact) mass is 238 g/mol. The predicted molar refractivity (Wildman–Crippen MR) is 63.6 cm³/mol. The lowest BCUT2D eigenvalue weighted by Gasteiger charge is -2.31. The smallest absolute Gasteiger partial charge is 0.274 e. The summed E-state index contributed by atoms with van der Waals surface area (Å²) in [6.45, 7) is 1.38. The molecule has 6 heteroatoms. The van der Waals surface area contributed by atoms with Crippen LogP contribution in [0.15, 0.2) is 6.20 Å². The van der Waals surface area contributed by atoms with Gasteiger partial charge in [0, 0.05) is 27.2 Å². The van der Waals surface area contributed by atoms with Crippen molar-refractivity contribution >= 4 is 11.6 Å². The molecule has 0 radical (unpaired) electrons. The van der Waals surface area contributed by atoms with Gasteiger partial charge >= 0.3 is 0 Å². The molecule has 1 amide bonds. The third-order valence-electron chi connectivity index (χ3n) is 3.17. The lowest BCUT2D eigenvalue weighted by Crippen LogP contribution is -2.43. The van der Waals surface area contributed by atoms with Gasteiger partial charge in [0.1, 0.15) is 5.69 Å².